The minimum atomic E-state index is -0.274. The molecule has 0 spiro atoms. The Kier molecular flexibility index (Phi) is 7.20. The van der Waals surface area contributed by atoms with Crippen molar-refractivity contribution in [3.8, 4) is 5.69 Å². The molecule has 10 heteroatoms. The minimum Gasteiger partial charge on any atom is -0.357 e. The van der Waals surface area contributed by atoms with Crippen molar-refractivity contribution in [3.05, 3.63) is 65.3 Å². The van der Waals surface area contributed by atoms with Gasteiger partial charge in [-0.3, -0.25) is 4.90 Å². The molecular formula is C24H27Cl3N6O. The van der Waals surface area contributed by atoms with Crippen LogP contribution in [0.1, 0.15) is 30.7 Å². The fraction of sp³-hybridized carbons (Fsp3) is 0.417. The molecule has 1 aromatic carbocycles. The van der Waals surface area contributed by atoms with Crippen LogP contribution in [0.25, 0.3) is 5.69 Å². The first-order valence-corrected chi connectivity index (χ1v) is 11.6. The number of aldehydes is 1. The molecule has 1 saturated heterocycles. The highest BCUT2D eigenvalue weighted by atomic mass is 35.5. The van der Waals surface area contributed by atoms with E-state index >= 15 is 0 Å². The van der Waals surface area contributed by atoms with E-state index < -0.39 is 0 Å². The number of piperidine rings is 1. The molecule has 34 heavy (non-hydrogen) atoms. The quantitative estimate of drug-likeness (QED) is 0.476. The number of hydrogen-bond acceptors (Lipinski definition) is 6. The predicted octanol–water partition coefficient (Wildman–Crippen LogP) is 4.35. The molecule has 2 aromatic heterocycles. The van der Waals surface area contributed by atoms with Gasteiger partial charge in [0, 0.05) is 42.3 Å². The Morgan fingerprint density at radius 3 is 2.62 bits per heavy atom. The van der Waals surface area contributed by atoms with Crippen LogP contribution in [0.5, 0.6) is 0 Å². The molecule has 6 rings (SSSR count). The third-order valence-electron chi connectivity index (χ3n) is 7.50. The van der Waals surface area contributed by atoms with Crippen LogP contribution in [0.3, 0.4) is 0 Å². The summed E-state index contributed by atoms with van der Waals surface area (Å²) < 4.78 is 1.90. The van der Waals surface area contributed by atoms with Crippen LogP contribution in [0.15, 0.2) is 48.9 Å². The highest BCUT2D eigenvalue weighted by molar-refractivity contribution is 6.30. The molecule has 2 atom stereocenters. The molecule has 180 valence electrons. The van der Waals surface area contributed by atoms with Crippen molar-refractivity contribution in [3.63, 3.8) is 0 Å². The third-order valence-corrected chi connectivity index (χ3v) is 7.74. The van der Waals surface area contributed by atoms with E-state index in [1.807, 2.05) is 41.2 Å². The van der Waals surface area contributed by atoms with Gasteiger partial charge < -0.3 is 9.69 Å². The molecule has 2 aliphatic heterocycles. The van der Waals surface area contributed by atoms with E-state index in [1.54, 1.807) is 6.33 Å². The van der Waals surface area contributed by atoms with Crippen molar-refractivity contribution in [2.45, 2.75) is 38.4 Å². The van der Waals surface area contributed by atoms with Gasteiger partial charge in [-0.15, -0.1) is 24.8 Å². The van der Waals surface area contributed by atoms with Gasteiger partial charge in [-0.25, -0.2) is 14.6 Å². The van der Waals surface area contributed by atoms with Gasteiger partial charge in [0.05, 0.1) is 12.2 Å². The van der Waals surface area contributed by atoms with Crippen molar-refractivity contribution < 1.29 is 4.79 Å². The topological polar surface area (TPSA) is 67.2 Å². The molecule has 1 aliphatic carbocycles. The summed E-state index contributed by atoms with van der Waals surface area (Å²) in [6.07, 6.45) is 7.62. The van der Waals surface area contributed by atoms with Gasteiger partial charge in [0.1, 0.15) is 24.3 Å². The van der Waals surface area contributed by atoms with Crippen molar-refractivity contribution in [1.29, 1.82) is 0 Å². The Hall–Kier alpha value is -2.19. The van der Waals surface area contributed by atoms with Crippen molar-refractivity contribution in [1.82, 2.24) is 24.6 Å². The van der Waals surface area contributed by atoms with Crippen LogP contribution in [-0.4, -0.2) is 50.1 Å². The molecule has 1 saturated carbocycles. The average Bonchev–Trinajstić information content (AvgIpc) is 3.46. The zero-order valence-corrected chi connectivity index (χ0v) is 21.0. The lowest BCUT2D eigenvalue weighted by Crippen LogP contribution is -2.40. The molecule has 0 N–H and O–H groups in total. The first kappa shape index (κ1) is 24.9. The summed E-state index contributed by atoms with van der Waals surface area (Å²) in [4.78, 5) is 26.2. The van der Waals surface area contributed by atoms with E-state index in [9.17, 15) is 4.79 Å². The number of aromatic nitrogens is 4. The Balaban J connectivity index is 0.00000137. The number of anilines is 1. The van der Waals surface area contributed by atoms with Crippen LogP contribution in [0.2, 0.25) is 5.02 Å². The smallest absolute Gasteiger partial charge is 0.146 e. The molecule has 4 heterocycles. The van der Waals surface area contributed by atoms with Crippen LogP contribution < -0.4 is 4.90 Å². The zero-order chi connectivity index (χ0) is 21.7. The lowest BCUT2D eigenvalue weighted by Gasteiger charge is -2.36. The molecular weight excluding hydrogens is 495 g/mol. The van der Waals surface area contributed by atoms with Crippen LogP contribution in [0, 0.1) is 11.3 Å². The number of carbonyl (C=O) groups is 1. The second-order valence-corrected chi connectivity index (χ2v) is 9.60. The van der Waals surface area contributed by atoms with E-state index in [-0.39, 0.29) is 36.3 Å². The molecule has 7 nitrogen and oxygen atoms in total. The summed E-state index contributed by atoms with van der Waals surface area (Å²) in [6.45, 7) is 3.31. The Bertz CT molecular complexity index is 1150. The standard InChI is InChI=1S/C24H25ClN6O.2ClH/c25-19-4-5-20-17(11-19)13-30(14-23-27-16-28-31(20)23)21-12-24(21,15-32)18-6-9-29(10-7-18)22-3-1-2-8-26-22;;/h1-5,8,11,15-16,18,21H,6-7,9-10,12-14H2;2*1H. The molecule has 0 bridgehead atoms. The summed E-state index contributed by atoms with van der Waals surface area (Å²) >= 11 is 6.31. The molecule has 2 fully saturated rings. The number of benzene rings is 1. The maximum absolute atomic E-state index is 12.5. The number of rotatable bonds is 4. The summed E-state index contributed by atoms with van der Waals surface area (Å²) in [5.41, 5.74) is 1.87. The van der Waals surface area contributed by atoms with Crippen LogP contribution >= 0.6 is 36.4 Å². The van der Waals surface area contributed by atoms with Crippen molar-refractivity contribution in [2.24, 2.45) is 11.3 Å². The number of pyridine rings is 1. The second kappa shape index (κ2) is 9.82. The zero-order valence-electron chi connectivity index (χ0n) is 18.6. The maximum atomic E-state index is 12.5. The number of nitrogens with zero attached hydrogens (tertiary/aromatic N) is 6. The van der Waals surface area contributed by atoms with Gasteiger partial charge in [-0.1, -0.05) is 17.7 Å². The van der Waals surface area contributed by atoms with Gasteiger partial charge in [-0.2, -0.15) is 5.10 Å². The van der Waals surface area contributed by atoms with E-state index in [1.165, 1.54) is 6.29 Å². The predicted molar refractivity (Wildman–Crippen MR) is 136 cm³/mol. The number of halogens is 3. The van der Waals surface area contributed by atoms with Gasteiger partial charge in [-0.05, 0) is 61.1 Å². The SMILES string of the molecule is Cl.Cl.O=CC1(C2CCN(c3ccccn3)CC2)CC1N1Cc2cc(Cl)ccc2-n2ncnc2C1. The van der Waals surface area contributed by atoms with E-state index in [0.717, 1.165) is 61.8 Å². The fourth-order valence-electron chi connectivity index (χ4n) is 5.73. The monoisotopic (exact) mass is 520 g/mol. The van der Waals surface area contributed by atoms with Gasteiger partial charge in [0.25, 0.3) is 0 Å². The average molecular weight is 522 g/mol. The highest BCUT2D eigenvalue weighted by Gasteiger charge is 2.61. The van der Waals surface area contributed by atoms with Gasteiger partial charge >= 0.3 is 0 Å². The summed E-state index contributed by atoms with van der Waals surface area (Å²) in [6, 6.07) is 12.2. The normalized spacial score (nSPS) is 24.1. The fourth-order valence-corrected chi connectivity index (χ4v) is 5.93. The highest BCUT2D eigenvalue weighted by Crippen LogP contribution is 2.57. The first-order chi connectivity index (χ1) is 15.7. The van der Waals surface area contributed by atoms with Crippen LogP contribution in [-0.2, 0) is 17.9 Å². The molecule has 0 radical (unpaired) electrons. The van der Waals surface area contributed by atoms with Gasteiger partial charge in [0.15, 0.2) is 0 Å². The molecule has 2 unspecified atom stereocenters. The Morgan fingerprint density at radius 1 is 1.06 bits per heavy atom. The summed E-state index contributed by atoms with van der Waals surface area (Å²) in [5.74, 6) is 2.33. The maximum Gasteiger partial charge on any atom is 0.146 e. The molecule has 0 amide bonds. The molecule has 3 aliphatic rings. The summed E-state index contributed by atoms with van der Waals surface area (Å²) in [5, 5.41) is 5.15. The van der Waals surface area contributed by atoms with Crippen molar-refractivity contribution in [2.75, 3.05) is 18.0 Å². The van der Waals surface area contributed by atoms with E-state index in [0.29, 0.717) is 17.5 Å². The number of carbonyl (C=O) groups excluding carboxylic acids is 1. The number of fused-ring (bicyclic) bond motifs is 3. The minimum absolute atomic E-state index is 0. The first-order valence-electron chi connectivity index (χ1n) is 11.2. The lowest BCUT2D eigenvalue weighted by atomic mass is 9.81. The lowest BCUT2D eigenvalue weighted by molar-refractivity contribution is -0.115. The largest absolute Gasteiger partial charge is 0.357 e. The van der Waals surface area contributed by atoms with Gasteiger partial charge in [0.2, 0.25) is 0 Å². The van der Waals surface area contributed by atoms with E-state index in [4.69, 9.17) is 11.6 Å². The number of hydrogen-bond donors (Lipinski definition) is 0. The van der Waals surface area contributed by atoms with E-state index in [2.05, 4.69) is 30.9 Å². The third kappa shape index (κ3) is 4.19. The van der Waals surface area contributed by atoms with Crippen LogP contribution in [0.4, 0.5) is 5.82 Å². The Labute approximate surface area is 216 Å². The second-order valence-electron chi connectivity index (χ2n) is 9.17. The summed E-state index contributed by atoms with van der Waals surface area (Å²) in [7, 11) is 0. The Morgan fingerprint density at radius 2 is 1.88 bits per heavy atom. The molecule has 3 aromatic rings. The van der Waals surface area contributed by atoms with Crippen molar-refractivity contribution >= 4 is 48.5 Å².